The first-order chi connectivity index (χ1) is 31.2. The molecular weight excluding hydrogens is 852 g/mol. The van der Waals surface area contributed by atoms with Crippen LogP contribution < -0.4 is 36.0 Å². The Labute approximate surface area is 382 Å². The van der Waals surface area contributed by atoms with Gasteiger partial charge in [-0.15, -0.1) is 0 Å². The number of pyridine rings is 1. The summed E-state index contributed by atoms with van der Waals surface area (Å²) < 4.78 is 13.9. The number of hydrogen-bond donors (Lipinski definition) is 3. The molecule has 18 heteroatoms. The van der Waals surface area contributed by atoms with Gasteiger partial charge in [0, 0.05) is 92.7 Å². The van der Waals surface area contributed by atoms with Gasteiger partial charge in [-0.2, -0.15) is 4.98 Å². The van der Waals surface area contributed by atoms with E-state index in [-0.39, 0.29) is 72.4 Å². The predicted molar refractivity (Wildman–Crippen MR) is 247 cm³/mol. The van der Waals surface area contributed by atoms with Crippen molar-refractivity contribution in [3.63, 3.8) is 0 Å². The van der Waals surface area contributed by atoms with E-state index in [1.165, 1.54) is 7.05 Å². The maximum Gasteiger partial charge on any atom is 0.293 e. The highest BCUT2D eigenvalue weighted by molar-refractivity contribution is 6.33. The third-order valence-electron chi connectivity index (χ3n) is 13.6. The average molecular weight is 909 g/mol. The molecule has 65 heavy (non-hydrogen) atoms. The van der Waals surface area contributed by atoms with E-state index < -0.39 is 11.9 Å². The van der Waals surface area contributed by atoms with E-state index in [2.05, 4.69) is 55.5 Å². The highest BCUT2D eigenvalue weighted by Gasteiger charge is 2.42. The fourth-order valence-corrected chi connectivity index (χ4v) is 10.4. The quantitative estimate of drug-likeness (QED) is 0.166. The number of rotatable bonds is 12. The number of aromatic nitrogens is 3. The summed E-state index contributed by atoms with van der Waals surface area (Å²) in [6, 6.07) is 13.6. The van der Waals surface area contributed by atoms with E-state index in [0.717, 1.165) is 74.0 Å². The number of likely N-dealkylation sites (N-methyl/N-ethyl adjacent to an activating group) is 1. The monoisotopic (exact) mass is 908 g/mol. The maximum absolute atomic E-state index is 13.3. The van der Waals surface area contributed by atoms with Crippen molar-refractivity contribution in [3.8, 4) is 5.75 Å². The van der Waals surface area contributed by atoms with Gasteiger partial charge in [-0.1, -0.05) is 11.6 Å². The second kappa shape index (κ2) is 18.2. The molecule has 9 rings (SSSR count). The lowest BCUT2D eigenvalue weighted by Crippen LogP contribution is -2.62. The maximum atomic E-state index is 13.3. The van der Waals surface area contributed by atoms with Crippen molar-refractivity contribution in [2.24, 2.45) is 0 Å². The zero-order valence-electron chi connectivity index (χ0n) is 37.5. The molecule has 4 aromatic rings. The van der Waals surface area contributed by atoms with E-state index in [1.807, 2.05) is 44.2 Å². The number of piperidine rings is 2. The third-order valence-corrected chi connectivity index (χ3v) is 13.9. The molecule has 3 saturated heterocycles. The van der Waals surface area contributed by atoms with Gasteiger partial charge >= 0.3 is 0 Å². The van der Waals surface area contributed by atoms with Crippen LogP contribution in [0.2, 0.25) is 5.02 Å². The lowest BCUT2D eigenvalue weighted by atomic mass is 9.86. The molecular formula is C47H57ClN10O7. The van der Waals surface area contributed by atoms with Gasteiger partial charge in [0.2, 0.25) is 17.8 Å². The first kappa shape index (κ1) is 44.4. The van der Waals surface area contributed by atoms with Crippen molar-refractivity contribution < 1.29 is 28.7 Å². The van der Waals surface area contributed by atoms with E-state index in [9.17, 15) is 24.0 Å². The zero-order chi connectivity index (χ0) is 45.7. The molecule has 1 saturated carbocycles. The number of imide groups is 1. The largest absolute Gasteiger partial charge is 0.478 e. The summed E-state index contributed by atoms with van der Waals surface area (Å²) in [4.78, 5) is 80.9. The Morgan fingerprint density at radius 2 is 1.72 bits per heavy atom. The number of carbonyl (C=O) groups excluding carboxylic acids is 4. The molecule has 17 nitrogen and oxygen atoms in total. The number of piperazine rings is 1. The van der Waals surface area contributed by atoms with Gasteiger partial charge in [-0.05, 0) is 108 Å². The number of carbonyl (C=O) groups is 4. The number of benzene rings is 2. The van der Waals surface area contributed by atoms with Gasteiger partial charge in [0.1, 0.15) is 11.1 Å². The summed E-state index contributed by atoms with van der Waals surface area (Å²) >= 11 is 6.61. The Morgan fingerprint density at radius 3 is 2.43 bits per heavy atom. The molecule has 0 spiro atoms. The van der Waals surface area contributed by atoms with Crippen LogP contribution in [0.3, 0.4) is 0 Å². The topological polar surface area (TPSA) is 184 Å². The lowest BCUT2D eigenvalue weighted by Gasteiger charge is -2.52. The molecule has 2 aromatic carbocycles. The van der Waals surface area contributed by atoms with Crippen LogP contribution in [0.25, 0.3) is 10.9 Å². The third kappa shape index (κ3) is 8.97. The first-order valence-electron chi connectivity index (χ1n) is 22.8. The number of fused-ring (bicyclic) bond motifs is 2. The van der Waals surface area contributed by atoms with Gasteiger partial charge < -0.3 is 39.4 Å². The number of anilines is 4. The SMILES string of the molecule is CNC(=O)COc1cc2cc(Nc3nc(N4CCC(OC5CC(N6C[C@H](C)N(c7ccc8c(c7)CN(C7CCC(=O)NC7=O)C8=O)[C@@H](C)C6)C5)CC4)ncc3Cl)ccc2n(C(C)C)c1=O. The Kier molecular flexibility index (Phi) is 12.5. The van der Waals surface area contributed by atoms with Crippen molar-refractivity contribution in [1.29, 1.82) is 0 Å². The molecule has 0 bridgehead atoms. The van der Waals surface area contributed by atoms with Crippen molar-refractivity contribution in [2.75, 3.05) is 55.0 Å². The summed E-state index contributed by atoms with van der Waals surface area (Å²) in [5.41, 5.74) is 3.79. The van der Waals surface area contributed by atoms with Crippen molar-refractivity contribution >= 4 is 69.3 Å². The smallest absolute Gasteiger partial charge is 0.293 e. The number of nitrogens with zero attached hydrogens (tertiary/aromatic N) is 7. The van der Waals surface area contributed by atoms with Crippen LogP contribution in [0.4, 0.5) is 23.1 Å². The number of ether oxygens (including phenoxy) is 2. The zero-order valence-corrected chi connectivity index (χ0v) is 38.3. The molecule has 1 aliphatic carbocycles. The predicted octanol–water partition coefficient (Wildman–Crippen LogP) is 4.77. The van der Waals surface area contributed by atoms with Gasteiger partial charge in [0.25, 0.3) is 17.4 Å². The minimum absolute atomic E-state index is 0.0933. The number of amides is 4. The van der Waals surface area contributed by atoms with Crippen LogP contribution in [-0.2, 0) is 25.7 Å². The fourth-order valence-electron chi connectivity index (χ4n) is 10.3. The van der Waals surface area contributed by atoms with E-state index in [1.54, 1.807) is 21.7 Å². The molecule has 6 heterocycles. The number of hydrogen-bond acceptors (Lipinski definition) is 13. The number of halogens is 1. The summed E-state index contributed by atoms with van der Waals surface area (Å²) in [6.07, 6.45) is 6.37. The van der Waals surface area contributed by atoms with E-state index in [4.69, 9.17) is 26.1 Å². The molecule has 4 aliphatic heterocycles. The Balaban J connectivity index is 0.759. The lowest BCUT2D eigenvalue weighted by molar-refractivity contribution is -0.137. The van der Waals surface area contributed by atoms with Crippen molar-refractivity contribution in [1.82, 2.24) is 35.0 Å². The van der Waals surface area contributed by atoms with Gasteiger partial charge in [0.15, 0.2) is 18.2 Å². The molecule has 1 unspecified atom stereocenters. The van der Waals surface area contributed by atoms with Crippen molar-refractivity contribution in [3.05, 3.63) is 75.2 Å². The van der Waals surface area contributed by atoms with Crippen LogP contribution in [0.15, 0.2) is 53.5 Å². The molecule has 3 N–H and O–H groups in total. The molecule has 4 fully saturated rings. The molecule has 2 aromatic heterocycles. The summed E-state index contributed by atoms with van der Waals surface area (Å²) in [7, 11) is 1.52. The molecule has 3 atom stereocenters. The summed E-state index contributed by atoms with van der Waals surface area (Å²) in [5, 5.41) is 9.36. The summed E-state index contributed by atoms with van der Waals surface area (Å²) in [5.74, 6) is -0.0159. The molecule has 4 amide bonds. The second-order valence-electron chi connectivity index (χ2n) is 18.4. The van der Waals surface area contributed by atoms with Crippen LogP contribution in [0.1, 0.15) is 88.2 Å². The molecule has 0 radical (unpaired) electrons. The summed E-state index contributed by atoms with van der Waals surface area (Å²) in [6.45, 7) is 11.9. The fraction of sp³-hybridized carbons (Fsp3) is 0.511. The highest BCUT2D eigenvalue weighted by Crippen LogP contribution is 2.37. The highest BCUT2D eigenvalue weighted by atomic mass is 35.5. The average Bonchev–Trinajstić information content (AvgIpc) is 3.59. The first-order valence-corrected chi connectivity index (χ1v) is 23.1. The Morgan fingerprint density at radius 1 is 0.969 bits per heavy atom. The van der Waals surface area contributed by atoms with Gasteiger partial charge in [-0.25, -0.2) is 4.98 Å². The van der Waals surface area contributed by atoms with Gasteiger partial charge in [0.05, 0.1) is 23.9 Å². The Bertz CT molecular complexity index is 2560. The van der Waals surface area contributed by atoms with Crippen LogP contribution >= 0.6 is 11.6 Å². The van der Waals surface area contributed by atoms with Crippen LogP contribution in [-0.4, -0.2) is 124 Å². The van der Waals surface area contributed by atoms with Gasteiger partial charge in [-0.3, -0.25) is 34.2 Å². The number of nitrogens with one attached hydrogen (secondary N) is 3. The molecule has 344 valence electrons. The second-order valence-corrected chi connectivity index (χ2v) is 18.8. The van der Waals surface area contributed by atoms with Crippen molar-refractivity contribution in [2.45, 2.75) is 115 Å². The van der Waals surface area contributed by atoms with Crippen LogP contribution in [0, 0.1) is 0 Å². The Hall–Kier alpha value is -5.78. The van der Waals surface area contributed by atoms with E-state index >= 15 is 0 Å². The van der Waals surface area contributed by atoms with E-state index in [0.29, 0.717) is 47.0 Å². The van der Waals surface area contributed by atoms with Crippen LogP contribution in [0.5, 0.6) is 5.75 Å². The normalized spacial score (nSPS) is 24.0. The minimum atomic E-state index is -0.622. The minimum Gasteiger partial charge on any atom is -0.478 e. The molecule has 5 aliphatic rings. The standard InChI is InChI=1S/C47H57ClN10O7/c1-26(2)57-38-9-6-31(16-29(38)18-40(46(57)63)64-25-42(60)49-5)51-43-37(48)21-50-47(53-43)54-14-12-34(13-15-54)65-35-19-33(20-35)55-22-27(3)58(28(4)23-55)32-7-8-36-30(17-32)24-56(45(36)62)39-10-11-41(59)52-44(39)61/h6-9,16-18,21,26-28,33-35,39H,10-15,19-20,22-25H2,1-5H3,(H,49,60)(H,50,51,53)(H,52,59,61)/t27-,28-,33?,35?,39?/m0/s1.